The lowest BCUT2D eigenvalue weighted by Crippen LogP contribution is -2.25. The Morgan fingerprint density at radius 1 is 1.36 bits per heavy atom. The summed E-state index contributed by atoms with van der Waals surface area (Å²) in [4.78, 5) is 11.1. The molecule has 1 saturated carbocycles. The van der Waals surface area contributed by atoms with Gasteiger partial charge >= 0.3 is 5.97 Å². The van der Waals surface area contributed by atoms with E-state index in [2.05, 4.69) is 4.74 Å². The predicted octanol–water partition coefficient (Wildman–Crippen LogP) is 0.974. The van der Waals surface area contributed by atoms with Crippen molar-refractivity contribution in [1.82, 2.24) is 0 Å². The van der Waals surface area contributed by atoms with Crippen molar-refractivity contribution in [2.45, 2.75) is 25.4 Å². The highest BCUT2D eigenvalue weighted by molar-refractivity contribution is 5.73. The van der Waals surface area contributed by atoms with Crippen molar-refractivity contribution < 1.29 is 14.3 Å². The molecule has 0 spiro atoms. The summed E-state index contributed by atoms with van der Waals surface area (Å²) in [7, 11) is 3.07. The molecule has 0 heterocycles. The van der Waals surface area contributed by atoms with Crippen molar-refractivity contribution in [2.24, 2.45) is 5.92 Å². The smallest absolute Gasteiger partial charge is 0.311 e. The Balaban J connectivity index is 2.49. The summed E-state index contributed by atoms with van der Waals surface area (Å²) in [6.07, 6.45) is 3.04. The molecular weight excluding hydrogens is 144 g/mol. The van der Waals surface area contributed by atoms with Gasteiger partial charge in [-0.2, -0.15) is 0 Å². The predicted molar refractivity (Wildman–Crippen MR) is 40.2 cm³/mol. The summed E-state index contributed by atoms with van der Waals surface area (Å²) < 4.78 is 9.79. The fourth-order valence-electron chi connectivity index (χ4n) is 1.63. The van der Waals surface area contributed by atoms with Crippen LogP contribution in [0.3, 0.4) is 0 Å². The van der Waals surface area contributed by atoms with E-state index in [1.165, 1.54) is 7.11 Å². The first-order chi connectivity index (χ1) is 5.29. The van der Waals surface area contributed by atoms with Gasteiger partial charge in [0.15, 0.2) is 0 Å². The second-order valence-electron chi connectivity index (χ2n) is 2.83. The van der Waals surface area contributed by atoms with Crippen LogP contribution in [0.15, 0.2) is 0 Å². The van der Waals surface area contributed by atoms with Crippen LogP contribution in [-0.4, -0.2) is 26.3 Å². The van der Waals surface area contributed by atoms with Crippen LogP contribution in [0.4, 0.5) is 0 Å². The van der Waals surface area contributed by atoms with Crippen LogP contribution in [0.1, 0.15) is 19.3 Å². The van der Waals surface area contributed by atoms with Crippen LogP contribution in [0.5, 0.6) is 0 Å². The lowest BCUT2D eigenvalue weighted by molar-refractivity contribution is -0.149. The Morgan fingerprint density at radius 2 is 2.09 bits per heavy atom. The zero-order valence-electron chi connectivity index (χ0n) is 7.00. The molecule has 0 aliphatic heterocycles. The van der Waals surface area contributed by atoms with Crippen molar-refractivity contribution >= 4 is 5.97 Å². The number of ether oxygens (including phenoxy) is 2. The number of rotatable bonds is 2. The lowest BCUT2D eigenvalue weighted by atomic mass is 10.1. The Hall–Kier alpha value is -0.570. The zero-order valence-corrected chi connectivity index (χ0v) is 7.00. The molecule has 0 N–H and O–H groups in total. The van der Waals surface area contributed by atoms with Crippen LogP contribution >= 0.6 is 0 Å². The standard InChI is InChI=1S/C8H14O3/c1-10-7-5-3-4-6(7)8(9)11-2/h6-7H,3-5H2,1-2H3/t6-,7-/m0/s1. The maximum atomic E-state index is 11.1. The fourth-order valence-corrected chi connectivity index (χ4v) is 1.63. The van der Waals surface area contributed by atoms with Crippen LogP contribution in [0, 0.1) is 5.92 Å². The molecule has 3 heteroatoms. The molecule has 11 heavy (non-hydrogen) atoms. The normalized spacial score (nSPS) is 30.4. The second-order valence-corrected chi connectivity index (χ2v) is 2.83. The topological polar surface area (TPSA) is 35.5 Å². The van der Waals surface area contributed by atoms with Gasteiger partial charge in [-0.25, -0.2) is 0 Å². The molecule has 2 atom stereocenters. The summed E-state index contributed by atoms with van der Waals surface area (Å²) in [6.45, 7) is 0. The summed E-state index contributed by atoms with van der Waals surface area (Å²) in [5.41, 5.74) is 0. The molecule has 1 rings (SSSR count). The summed E-state index contributed by atoms with van der Waals surface area (Å²) in [6, 6.07) is 0. The van der Waals surface area contributed by atoms with Gasteiger partial charge in [0.05, 0.1) is 19.1 Å². The van der Waals surface area contributed by atoms with Gasteiger partial charge < -0.3 is 9.47 Å². The highest BCUT2D eigenvalue weighted by atomic mass is 16.5. The molecule has 1 aliphatic carbocycles. The monoisotopic (exact) mass is 158 g/mol. The van der Waals surface area contributed by atoms with Crippen LogP contribution in [0.25, 0.3) is 0 Å². The quantitative estimate of drug-likeness (QED) is 0.562. The van der Waals surface area contributed by atoms with Crippen LogP contribution in [0.2, 0.25) is 0 Å². The number of hydrogen-bond donors (Lipinski definition) is 0. The Bertz CT molecular complexity index is 144. The van der Waals surface area contributed by atoms with Gasteiger partial charge in [-0.05, 0) is 19.3 Å². The molecular formula is C8H14O3. The molecule has 3 nitrogen and oxygen atoms in total. The third-order valence-electron chi connectivity index (χ3n) is 2.26. The van der Waals surface area contributed by atoms with Gasteiger partial charge in [0.2, 0.25) is 0 Å². The minimum Gasteiger partial charge on any atom is -0.469 e. The molecule has 0 unspecified atom stereocenters. The number of esters is 1. The zero-order chi connectivity index (χ0) is 8.27. The number of carbonyl (C=O) groups excluding carboxylic acids is 1. The second kappa shape index (κ2) is 3.72. The van der Waals surface area contributed by atoms with E-state index in [0.29, 0.717) is 0 Å². The SMILES string of the molecule is COC(=O)[C@H]1CCC[C@@H]1OC. The highest BCUT2D eigenvalue weighted by Gasteiger charge is 2.33. The highest BCUT2D eigenvalue weighted by Crippen LogP contribution is 2.28. The molecule has 1 fully saturated rings. The summed E-state index contributed by atoms with van der Waals surface area (Å²) in [5, 5.41) is 0. The van der Waals surface area contributed by atoms with Crippen molar-refractivity contribution in [2.75, 3.05) is 14.2 Å². The molecule has 64 valence electrons. The van der Waals surface area contributed by atoms with Gasteiger partial charge in [-0.3, -0.25) is 4.79 Å². The molecule has 0 amide bonds. The third kappa shape index (κ3) is 1.71. The van der Waals surface area contributed by atoms with E-state index in [1.807, 2.05) is 0 Å². The van der Waals surface area contributed by atoms with Gasteiger partial charge in [0, 0.05) is 7.11 Å². The van der Waals surface area contributed by atoms with Crippen LogP contribution in [-0.2, 0) is 14.3 Å². The van der Waals surface area contributed by atoms with E-state index < -0.39 is 0 Å². The number of carbonyl (C=O) groups is 1. The van der Waals surface area contributed by atoms with Gasteiger partial charge in [0.1, 0.15) is 0 Å². The van der Waals surface area contributed by atoms with Crippen molar-refractivity contribution in [3.05, 3.63) is 0 Å². The number of hydrogen-bond acceptors (Lipinski definition) is 3. The van der Waals surface area contributed by atoms with Crippen molar-refractivity contribution in [1.29, 1.82) is 0 Å². The molecule has 0 aromatic carbocycles. The summed E-state index contributed by atoms with van der Waals surface area (Å²) >= 11 is 0. The van der Waals surface area contributed by atoms with Crippen LogP contribution < -0.4 is 0 Å². The van der Waals surface area contributed by atoms with Gasteiger partial charge in [-0.1, -0.05) is 0 Å². The first-order valence-corrected chi connectivity index (χ1v) is 3.90. The van der Waals surface area contributed by atoms with Crippen molar-refractivity contribution in [3.63, 3.8) is 0 Å². The van der Waals surface area contributed by atoms with E-state index in [9.17, 15) is 4.79 Å². The average molecular weight is 158 g/mol. The summed E-state index contributed by atoms with van der Waals surface area (Å²) in [5.74, 6) is -0.153. The molecule has 1 aliphatic rings. The van der Waals surface area contributed by atoms with Gasteiger partial charge in [-0.15, -0.1) is 0 Å². The lowest BCUT2D eigenvalue weighted by Gasteiger charge is -2.14. The molecule has 0 radical (unpaired) electrons. The third-order valence-corrected chi connectivity index (χ3v) is 2.26. The van der Waals surface area contributed by atoms with E-state index in [-0.39, 0.29) is 18.0 Å². The minimum atomic E-state index is -0.130. The molecule has 0 bridgehead atoms. The maximum Gasteiger partial charge on any atom is 0.311 e. The fraction of sp³-hybridized carbons (Fsp3) is 0.875. The minimum absolute atomic E-state index is 0.0231. The first-order valence-electron chi connectivity index (χ1n) is 3.90. The Morgan fingerprint density at radius 3 is 2.64 bits per heavy atom. The maximum absolute atomic E-state index is 11.1. The van der Waals surface area contributed by atoms with E-state index >= 15 is 0 Å². The van der Waals surface area contributed by atoms with E-state index in [1.54, 1.807) is 7.11 Å². The number of methoxy groups -OCH3 is 2. The van der Waals surface area contributed by atoms with Gasteiger partial charge in [0.25, 0.3) is 0 Å². The molecule has 0 saturated heterocycles. The van der Waals surface area contributed by atoms with E-state index in [0.717, 1.165) is 19.3 Å². The van der Waals surface area contributed by atoms with E-state index in [4.69, 9.17) is 4.74 Å². The van der Waals surface area contributed by atoms with Crippen molar-refractivity contribution in [3.8, 4) is 0 Å². The first kappa shape index (κ1) is 8.53. The Kier molecular flexibility index (Phi) is 2.88. The molecule has 0 aromatic heterocycles. The molecule has 0 aromatic rings. The Labute approximate surface area is 66.7 Å². The largest absolute Gasteiger partial charge is 0.469 e. The average Bonchev–Trinajstić information content (AvgIpc) is 2.50.